The number of hydrogen-bond donors (Lipinski definition) is 2. The first-order chi connectivity index (χ1) is 11.5. The molecule has 5 nitrogen and oxygen atoms in total. The summed E-state index contributed by atoms with van der Waals surface area (Å²) in [6, 6.07) is 13.6. The molecular formula is C19H22N2O3. The monoisotopic (exact) mass is 326 g/mol. The van der Waals surface area contributed by atoms with Crippen molar-refractivity contribution >= 4 is 23.3 Å². The molecule has 2 aromatic rings. The molecule has 1 amide bonds. The van der Waals surface area contributed by atoms with Crippen LogP contribution in [0.3, 0.4) is 0 Å². The summed E-state index contributed by atoms with van der Waals surface area (Å²) in [6.07, 6.45) is 2.08. The van der Waals surface area contributed by atoms with Gasteiger partial charge in [-0.1, -0.05) is 31.5 Å². The molecule has 5 heteroatoms. The molecule has 0 aliphatic carbocycles. The zero-order valence-electron chi connectivity index (χ0n) is 14.0. The van der Waals surface area contributed by atoms with E-state index in [-0.39, 0.29) is 11.5 Å². The standard InChI is InChI=1S/C19H22N2O3/c1-3-4-12-21(2)17-11-10-15(19(23)24)13-16(17)20-18(22)14-8-6-5-7-9-14/h5-11,13H,3-4,12H2,1-2H3,(H,20,22)(H,23,24). The lowest BCUT2D eigenvalue weighted by atomic mass is 10.1. The Kier molecular flexibility index (Phi) is 5.95. The summed E-state index contributed by atoms with van der Waals surface area (Å²) in [6.45, 7) is 2.94. The quantitative estimate of drug-likeness (QED) is 0.810. The predicted octanol–water partition coefficient (Wildman–Crippen LogP) is 3.87. The fourth-order valence-electron chi connectivity index (χ4n) is 2.40. The van der Waals surface area contributed by atoms with Crippen LogP contribution in [0.15, 0.2) is 48.5 Å². The third-order valence-electron chi connectivity index (χ3n) is 3.79. The summed E-state index contributed by atoms with van der Waals surface area (Å²) < 4.78 is 0. The van der Waals surface area contributed by atoms with E-state index in [0.29, 0.717) is 11.3 Å². The highest BCUT2D eigenvalue weighted by Crippen LogP contribution is 2.27. The molecule has 24 heavy (non-hydrogen) atoms. The van der Waals surface area contributed by atoms with E-state index >= 15 is 0 Å². The van der Waals surface area contributed by atoms with Gasteiger partial charge in [-0.2, -0.15) is 0 Å². The van der Waals surface area contributed by atoms with E-state index in [1.54, 1.807) is 36.4 Å². The number of amides is 1. The molecule has 0 aliphatic rings. The summed E-state index contributed by atoms with van der Waals surface area (Å²) in [7, 11) is 1.93. The van der Waals surface area contributed by atoms with Crippen LogP contribution in [0, 0.1) is 0 Å². The number of benzene rings is 2. The van der Waals surface area contributed by atoms with Gasteiger partial charge in [0.25, 0.3) is 5.91 Å². The first kappa shape index (κ1) is 17.5. The maximum atomic E-state index is 12.4. The first-order valence-electron chi connectivity index (χ1n) is 7.97. The fraction of sp³-hybridized carbons (Fsp3) is 0.263. The van der Waals surface area contributed by atoms with Gasteiger partial charge in [0, 0.05) is 19.2 Å². The Bertz CT molecular complexity index is 714. The van der Waals surface area contributed by atoms with Crippen LogP contribution in [-0.2, 0) is 0 Å². The Balaban J connectivity index is 2.31. The van der Waals surface area contributed by atoms with Gasteiger partial charge in [0.15, 0.2) is 0 Å². The van der Waals surface area contributed by atoms with Crippen molar-refractivity contribution in [1.29, 1.82) is 0 Å². The van der Waals surface area contributed by atoms with Crippen molar-refractivity contribution < 1.29 is 14.7 Å². The second-order valence-corrected chi connectivity index (χ2v) is 5.63. The van der Waals surface area contributed by atoms with E-state index < -0.39 is 5.97 Å². The van der Waals surface area contributed by atoms with Gasteiger partial charge in [0.2, 0.25) is 0 Å². The molecule has 2 aromatic carbocycles. The maximum absolute atomic E-state index is 12.4. The molecule has 0 fully saturated rings. The summed E-state index contributed by atoms with van der Waals surface area (Å²) in [5.74, 6) is -1.28. The van der Waals surface area contributed by atoms with E-state index in [1.165, 1.54) is 6.07 Å². The Morgan fingerprint density at radius 3 is 2.42 bits per heavy atom. The zero-order chi connectivity index (χ0) is 17.5. The van der Waals surface area contributed by atoms with Crippen LogP contribution >= 0.6 is 0 Å². The van der Waals surface area contributed by atoms with E-state index in [1.807, 2.05) is 18.0 Å². The molecule has 0 aliphatic heterocycles. The van der Waals surface area contributed by atoms with Gasteiger partial charge < -0.3 is 15.3 Å². The maximum Gasteiger partial charge on any atom is 0.335 e. The number of carbonyl (C=O) groups excluding carboxylic acids is 1. The van der Waals surface area contributed by atoms with Crippen LogP contribution < -0.4 is 10.2 Å². The Labute approximate surface area is 141 Å². The van der Waals surface area contributed by atoms with Crippen LogP contribution in [0.25, 0.3) is 0 Å². The van der Waals surface area contributed by atoms with Crippen molar-refractivity contribution in [3.8, 4) is 0 Å². The normalized spacial score (nSPS) is 10.2. The van der Waals surface area contributed by atoms with Crippen molar-refractivity contribution in [1.82, 2.24) is 0 Å². The average molecular weight is 326 g/mol. The lowest BCUT2D eigenvalue weighted by molar-refractivity contribution is 0.0696. The highest BCUT2D eigenvalue weighted by atomic mass is 16.4. The molecule has 0 saturated carbocycles. The number of aromatic carboxylic acids is 1. The molecule has 0 atom stereocenters. The van der Waals surface area contributed by atoms with Crippen LogP contribution in [0.1, 0.15) is 40.5 Å². The number of hydrogen-bond acceptors (Lipinski definition) is 3. The van der Waals surface area contributed by atoms with Crippen LogP contribution in [-0.4, -0.2) is 30.6 Å². The number of nitrogens with zero attached hydrogens (tertiary/aromatic N) is 1. The molecule has 2 N–H and O–H groups in total. The van der Waals surface area contributed by atoms with E-state index in [4.69, 9.17) is 0 Å². The van der Waals surface area contributed by atoms with Crippen molar-refractivity contribution in [2.75, 3.05) is 23.8 Å². The number of unbranched alkanes of at least 4 members (excludes halogenated alkanes) is 1. The van der Waals surface area contributed by atoms with Crippen LogP contribution in [0.4, 0.5) is 11.4 Å². The highest BCUT2D eigenvalue weighted by molar-refractivity contribution is 6.06. The molecule has 0 heterocycles. The molecule has 0 bridgehead atoms. The molecule has 0 aromatic heterocycles. The van der Waals surface area contributed by atoms with Crippen molar-refractivity contribution in [2.24, 2.45) is 0 Å². The van der Waals surface area contributed by atoms with E-state index in [9.17, 15) is 14.7 Å². The summed E-state index contributed by atoms with van der Waals surface area (Å²) in [5.41, 5.74) is 1.98. The molecule has 0 saturated heterocycles. The van der Waals surface area contributed by atoms with Gasteiger partial charge in [0.05, 0.1) is 16.9 Å². The van der Waals surface area contributed by atoms with E-state index in [2.05, 4.69) is 12.2 Å². The lowest BCUT2D eigenvalue weighted by Gasteiger charge is -2.23. The molecule has 0 spiro atoms. The SMILES string of the molecule is CCCCN(C)c1ccc(C(=O)O)cc1NC(=O)c1ccccc1. The minimum atomic E-state index is -1.02. The topological polar surface area (TPSA) is 69.6 Å². The Morgan fingerprint density at radius 2 is 1.79 bits per heavy atom. The molecule has 2 rings (SSSR count). The first-order valence-corrected chi connectivity index (χ1v) is 7.97. The lowest BCUT2D eigenvalue weighted by Crippen LogP contribution is -2.22. The molecule has 0 unspecified atom stereocenters. The van der Waals surface area contributed by atoms with Gasteiger partial charge in [0.1, 0.15) is 0 Å². The van der Waals surface area contributed by atoms with Crippen molar-refractivity contribution in [3.05, 3.63) is 59.7 Å². The van der Waals surface area contributed by atoms with Gasteiger partial charge in [-0.05, 0) is 36.8 Å². The third-order valence-corrected chi connectivity index (χ3v) is 3.79. The molecule has 126 valence electrons. The minimum Gasteiger partial charge on any atom is -0.478 e. The Hall–Kier alpha value is -2.82. The fourth-order valence-corrected chi connectivity index (χ4v) is 2.40. The largest absolute Gasteiger partial charge is 0.478 e. The van der Waals surface area contributed by atoms with Gasteiger partial charge in [-0.25, -0.2) is 4.79 Å². The summed E-state index contributed by atoms with van der Waals surface area (Å²) in [4.78, 5) is 25.7. The zero-order valence-corrected chi connectivity index (χ0v) is 14.0. The number of carboxylic acid groups (broad SMARTS) is 1. The highest BCUT2D eigenvalue weighted by Gasteiger charge is 2.14. The summed E-state index contributed by atoms with van der Waals surface area (Å²) >= 11 is 0. The minimum absolute atomic E-state index is 0.144. The third kappa shape index (κ3) is 4.35. The van der Waals surface area contributed by atoms with E-state index in [0.717, 1.165) is 25.1 Å². The average Bonchev–Trinajstić information content (AvgIpc) is 2.60. The smallest absolute Gasteiger partial charge is 0.335 e. The number of carboxylic acids is 1. The predicted molar refractivity (Wildman–Crippen MR) is 96.0 cm³/mol. The van der Waals surface area contributed by atoms with Gasteiger partial charge in [-0.15, -0.1) is 0 Å². The second-order valence-electron chi connectivity index (χ2n) is 5.63. The molecular weight excluding hydrogens is 304 g/mol. The Morgan fingerprint density at radius 1 is 1.08 bits per heavy atom. The van der Waals surface area contributed by atoms with Gasteiger partial charge >= 0.3 is 5.97 Å². The van der Waals surface area contributed by atoms with Crippen LogP contribution in [0.2, 0.25) is 0 Å². The van der Waals surface area contributed by atoms with Gasteiger partial charge in [-0.3, -0.25) is 4.79 Å². The molecule has 0 radical (unpaired) electrons. The van der Waals surface area contributed by atoms with Crippen LogP contribution in [0.5, 0.6) is 0 Å². The second kappa shape index (κ2) is 8.15. The summed E-state index contributed by atoms with van der Waals surface area (Å²) in [5, 5.41) is 12.0. The number of rotatable bonds is 7. The number of anilines is 2. The van der Waals surface area contributed by atoms with Crippen molar-refractivity contribution in [2.45, 2.75) is 19.8 Å². The number of nitrogens with one attached hydrogen (secondary N) is 1. The van der Waals surface area contributed by atoms with Crippen molar-refractivity contribution in [3.63, 3.8) is 0 Å². The number of carbonyl (C=O) groups is 2.